The van der Waals surface area contributed by atoms with E-state index in [9.17, 15) is 75.0 Å². The molecule has 0 aliphatic carbocycles. The minimum absolute atomic E-state index is 0.0975. The first-order valence-corrected chi connectivity index (χ1v) is 32.4. The zero-order valence-electron chi connectivity index (χ0n) is 54.3. The highest BCUT2D eigenvalue weighted by Crippen LogP contribution is 2.50. The van der Waals surface area contributed by atoms with Crippen LogP contribution in [0.5, 0.6) is 46.0 Å². The number of fused-ring (bicyclic) bond motifs is 15. The summed E-state index contributed by atoms with van der Waals surface area (Å²) in [6.07, 6.45) is -18.6. The lowest BCUT2D eigenvalue weighted by atomic mass is 9.86. The number of carboxylic acid groups (broad SMARTS) is 1. The average Bonchev–Trinajstić information content (AvgIpc) is 0.775. The zero-order valence-corrected chi connectivity index (χ0v) is 55.8. The number of primary amides is 1. The van der Waals surface area contributed by atoms with Crippen LogP contribution >= 0.6 is 23.2 Å². The largest absolute Gasteiger partial charge is 0.508 e. The number of aliphatic hydroxyl groups excluding tert-OH is 6. The van der Waals surface area contributed by atoms with E-state index in [-0.39, 0.29) is 46.2 Å². The Hall–Kier alpha value is -9.20. The van der Waals surface area contributed by atoms with Crippen LogP contribution in [0.4, 0.5) is 0 Å². The number of hydrogen-bond donors (Lipinski definition) is 19. The molecule has 21 N–H and O–H groups in total. The Morgan fingerprint density at radius 3 is 1.90 bits per heavy atom. The van der Waals surface area contributed by atoms with E-state index in [1.807, 2.05) is 13.8 Å². The van der Waals surface area contributed by atoms with E-state index in [0.717, 1.165) is 66.7 Å². The van der Waals surface area contributed by atoms with Gasteiger partial charge in [-0.25, -0.2) is 4.79 Å². The first-order chi connectivity index (χ1) is 47.7. The maximum absolute atomic E-state index is 16.0. The van der Waals surface area contributed by atoms with Crippen molar-refractivity contribution in [2.45, 2.75) is 156 Å². The Morgan fingerprint density at radius 2 is 1.32 bits per heavy atom. The number of carboxylic acids is 1. The minimum atomic E-state index is -2.35. The highest BCUT2D eigenvalue weighted by atomic mass is 35.5. The molecule has 7 aliphatic heterocycles. The predicted octanol–water partition coefficient (Wildman–Crippen LogP) is 0.106. The molecule has 7 heterocycles. The van der Waals surface area contributed by atoms with E-state index < -0.39 is 237 Å². The van der Waals surface area contributed by atoms with Crippen molar-refractivity contribution in [1.29, 1.82) is 0 Å². The van der Waals surface area contributed by atoms with Gasteiger partial charge in [0.25, 0.3) is 0 Å². The molecule has 0 saturated carbocycles. The van der Waals surface area contributed by atoms with Crippen molar-refractivity contribution in [1.82, 2.24) is 37.2 Å². The van der Waals surface area contributed by atoms with Gasteiger partial charge in [0.2, 0.25) is 53.4 Å². The number of aromatic hydroxyl groups is 3. The van der Waals surface area contributed by atoms with Gasteiger partial charge in [0.05, 0.1) is 41.3 Å². The van der Waals surface area contributed by atoms with Crippen LogP contribution < -0.4 is 62.9 Å². The maximum Gasteiger partial charge on any atom is 0.330 e. The van der Waals surface area contributed by atoms with Crippen molar-refractivity contribution in [3.63, 3.8) is 0 Å². The number of carbonyl (C=O) groups is 8. The van der Waals surface area contributed by atoms with E-state index in [4.69, 9.17) is 63.1 Å². The smallest absolute Gasteiger partial charge is 0.330 e. The van der Waals surface area contributed by atoms with Crippen LogP contribution in [0.25, 0.3) is 11.1 Å². The molecule has 7 aliphatic rings. The Bertz CT molecular complexity index is 4070. The van der Waals surface area contributed by atoms with Gasteiger partial charge in [0, 0.05) is 34.7 Å². The summed E-state index contributed by atoms with van der Waals surface area (Å²) < 4.78 is 38.3. The number of phenols is 3. The second-order valence-electron chi connectivity index (χ2n) is 25.7. The first-order valence-electron chi connectivity index (χ1n) is 31.6. The molecule has 11 unspecified atom stereocenters. The monoisotopic (exact) mass is 1450 g/mol. The second-order valence-corrected chi connectivity index (χ2v) is 26.5. The van der Waals surface area contributed by atoms with Gasteiger partial charge < -0.3 is 128 Å². The van der Waals surface area contributed by atoms with Gasteiger partial charge in [-0.15, -0.1) is 0 Å². The molecule has 35 heteroatoms. The highest BCUT2D eigenvalue weighted by molar-refractivity contribution is 6.32. The van der Waals surface area contributed by atoms with E-state index in [2.05, 4.69) is 37.2 Å². The third-order valence-electron chi connectivity index (χ3n) is 17.8. The normalized spacial score (nSPS) is 29.4. The van der Waals surface area contributed by atoms with Crippen molar-refractivity contribution >= 4 is 70.5 Å². The number of likely N-dealkylation sites (N-methyl/N-ethyl adjacent to an activating group) is 1. The molecule has 101 heavy (non-hydrogen) atoms. The minimum Gasteiger partial charge on any atom is -0.508 e. The topological polar surface area (TPSA) is 530 Å². The van der Waals surface area contributed by atoms with Gasteiger partial charge in [-0.2, -0.15) is 0 Å². The van der Waals surface area contributed by atoms with Gasteiger partial charge in [0.15, 0.2) is 29.9 Å². The lowest BCUT2D eigenvalue weighted by Crippen LogP contribution is -2.64. The fourth-order valence-corrected chi connectivity index (χ4v) is 12.9. The summed E-state index contributed by atoms with van der Waals surface area (Å²) in [6.45, 7) is 5.66. The van der Waals surface area contributed by atoms with Gasteiger partial charge in [0.1, 0.15) is 89.5 Å². The van der Waals surface area contributed by atoms with E-state index in [1.165, 1.54) is 33.0 Å². The fraction of sp³-hybridized carbons (Fsp3) is 0.424. The number of carbonyl (C=O) groups excluding carboxylic acids is 7. The molecule has 2 fully saturated rings. The van der Waals surface area contributed by atoms with E-state index in [0.29, 0.717) is 0 Å². The highest BCUT2D eigenvalue weighted by Gasteiger charge is 2.51. The first kappa shape index (κ1) is 74.5. The Labute approximate surface area is 584 Å². The van der Waals surface area contributed by atoms with Crippen LogP contribution in [0.3, 0.4) is 0 Å². The molecule has 0 radical (unpaired) electrons. The number of rotatable bonds is 13. The van der Waals surface area contributed by atoms with Crippen LogP contribution in [0.15, 0.2) is 78.9 Å². The number of ether oxygens (including phenoxy) is 6. The van der Waals surface area contributed by atoms with E-state index >= 15 is 14.4 Å². The maximum atomic E-state index is 16.0. The molecule has 5 aromatic rings. The number of benzene rings is 5. The summed E-state index contributed by atoms with van der Waals surface area (Å²) in [5.74, 6) is -16.0. The van der Waals surface area contributed by atoms with Crippen LogP contribution in [0, 0.1) is 5.92 Å². The van der Waals surface area contributed by atoms with Crippen LogP contribution in [-0.2, 0) is 52.6 Å². The van der Waals surface area contributed by atoms with Crippen molar-refractivity contribution in [3.05, 3.63) is 117 Å². The molecule has 33 nitrogen and oxygen atoms in total. The quantitative estimate of drug-likeness (QED) is 0.0743. The van der Waals surface area contributed by atoms with Gasteiger partial charge in [-0.3, -0.25) is 33.6 Å². The standard InChI is InChI=1S/C66H75Cl2N9O24/c1-23(2)12-34(71-5)58(88)76-49-51(83)26-7-10-38(32(67)14-26)97-40-16-28-17-41(55(40)101-65-56(54(86)53(85)42(22-78)99-65)100-44-21-66(4,70)57(87)24(3)96-44)98-39-11-8-27(15-33(39)68)52(84)50-63(93)75-48(64(94)95)31-18-29(79)19-37(81)45(31)30-13-25(6-9-36(30)80)46(60(90)77-50)74-61(91)47(28)73-59(89)35(20-43(69)82)72-62(49)92/h6-11,13-19,23-24,34-35,42,44,46-54,56-57,65,71,78-81,83-87H,12,20-22,70H2,1-5H3,(H2,69,82)(H,72,92)(H,73,89)(H,74,91)(H,75,93)(H,76,88)(H,77,90)(H,94,95)/t24?,34-,35+,42?,44?,46?,47?,48-,49-,50+,51-,52-,53?,54?,56?,57?,65?,66?/m1/s1. The number of aliphatic hydroxyl groups is 6. The summed E-state index contributed by atoms with van der Waals surface area (Å²) in [4.78, 5) is 117. The van der Waals surface area contributed by atoms with Gasteiger partial charge >= 0.3 is 5.97 Å². The number of aliphatic carboxylic acids is 1. The predicted molar refractivity (Wildman–Crippen MR) is 349 cm³/mol. The molecule has 0 spiro atoms. The fourth-order valence-electron chi connectivity index (χ4n) is 12.5. The molecular formula is C66H75Cl2N9O24. The van der Waals surface area contributed by atoms with Gasteiger partial charge in [-0.1, -0.05) is 55.2 Å². The number of halogens is 2. The number of hydrogen-bond acceptors (Lipinski definition) is 25. The molecule has 11 bridgehead atoms. The van der Waals surface area contributed by atoms with Crippen molar-refractivity contribution in [2.24, 2.45) is 17.4 Å². The van der Waals surface area contributed by atoms with Gasteiger partial charge in [-0.05, 0) is 110 Å². The van der Waals surface area contributed by atoms with E-state index in [1.54, 1.807) is 0 Å². The zero-order chi connectivity index (χ0) is 73.5. The molecule has 7 amide bonds. The van der Waals surface area contributed by atoms with Crippen molar-refractivity contribution < 1.29 is 118 Å². The third kappa shape index (κ3) is 15.8. The molecular weight excluding hydrogens is 1370 g/mol. The molecule has 2 saturated heterocycles. The average molecular weight is 1450 g/mol. The number of nitrogens with two attached hydrogens (primary N) is 2. The number of amides is 7. The summed E-state index contributed by atoms with van der Waals surface area (Å²) in [6, 6.07) is -0.679. The third-order valence-corrected chi connectivity index (χ3v) is 18.4. The lowest BCUT2D eigenvalue weighted by Gasteiger charge is -2.47. The Kier molecular flexibility index (Phi) is 22.2. The second kappa shape index (κ2) is 30.2. The van der Waals surface area contributed by atoms with Crippen molar-refractivity contribution in [3.8, 4) is 57.1 Å². The lowest BCUT2D eigenvalue weighted by molar-refractivity contribution is -0.333. The Morgan fingerprint density at radius 1 is 0.713 bits per heavy atom. The summed E-state index contributed by atoms with van der Waals surface area (Å²) >= 11 is 14.1. The summed E-state index contributed by atoms with van der Waals surface area (Å²) in [7, 11) is 1.47. The molecule has 542 valence electrons. The number of nitrogens with one attached hydrogen (secondary N) is 7. The Balaban J connectivity index is 1.24. The van der Waals surface area contributed by atoms with Crippen LogP contribution in [0.1, 0.15) is 105 Å². The molecule has 12 rings (SSSR count). The molecule has 0 aromatic heterocycles. The SMILES string of the molecule is CN[C@H](CC(C)C)C(=O)N[C@H]1C(=O)N[C@@H](CC(N)=O)C(=O)NC2C(=O)NC3C(=O)N[C@H](C(=O)N[C@@H](C(=O)O)c4cc(O)cc(O)c4-c4cc3ccc4O)[C@H](O)c3ccc(c(Cl)c3)Oc3cc2cc(c3OC2OC(CO)C(O)C(O)C2OC2CC(C)(N)C(O)C(C)O2)Oc2ccc(cc2Cl)[C@H]1O. The van der Waals surface area contributed by atoms with Crippen LogP contribution in [-0.4, -0.2) is 191 Å². The van der Waals surface area contributed by atoms with Crippen molar-refractivity contribution in [2.75, 3.05) is 13.7 Å². The molecule has 18 atom stereocenters. The summed E-state index contributed by atoms with van der Waals surface area (Å²) in [5.41, 5.74) is 8.00. The summed E-state index contributed by atoms with van der Waals surface area (Å²) in [5, 5.41) is 131. The number of phenolic OH excluding ortho intramolecular Hbond substituents is 3. The van der Waals surface area contributed by atoms with Crippen LogP contribution in [0.2, 0.25) is 10.0 Å². The molecule has 5 aromatic carbocycles.